The van der Waals surface area contributed by atoms with Crippen LogP contribution in [-0.2, 0) is 5.41 Å². The Morgan fingerprint density at radius 1 is 0.783 bits per heavy atom. The highest BCUT2D eigenvalue weighted by Gasteiger charge is 2.24. The van der Waals surface area contributed by atoms with Crippen LogP contribution in [0.1, 0.15) is 52.7 Å². The van der Waals surface area contributed by atoms with Crippen molar-refractivity contribution in [2.24, 2.45) is 0 Å². The monoisotopic (exact) mass is 312 g/mol. The molecule has 0 amide bonds. The number of para-hydroxylation sites is 1. The van der Waals surface area contributed by atoms with Gasteiger partial charge in [0.1, 0.15) is 22.8 Å². The summed E-state index contributed by atoms with van der Waals surface area (Å²) in [4.78, 5) is 0. The van der Waals surface area contributed by atoms with Crippen LogP contribution >= 0.6 is 0 Å². The lowest BCUT2D eigenvalue weighted by molar-refractivity contribution is 0.130. The van der Waals surface area contributed by atoms with Crippen molar-refractivity contribution in [1.82, 2.24) is 0 Å². The number of hydrogen-bond donors (Lipinski definition) is 0. The van der Waals surface area contributed by atoms with Gasteiger partial charge < -0.3 is 9.47 Å². The second kappa shape index (κ2) is 6.27. The quantitative estimate of drug-likeness (QED) is 0.665. The first-order chi connectivity index (χ1) is 10.6. The molecule has 0 aliphatic heterocycles. The molecule has 2 aromatic rings. The van der Waals surface area contributed by atoms with Gasteiger partial charge in [0.25, 0.3) is 0 Å². The minimum Gasteiger partial charge on any atom is -0.488 e. The number of hydrogen-bond acceptors (Lipinski definition) is 2. The van der Waals surface area contributed by atoms with Gasteiger partial charge in [-0.15, -0.1) is 0 Å². The fourth-order valence-electron chi connectivity index (χ4n) is 2.45. The zero-order valence-corrected chi connectivity index (χ0v) is 15.4. The minimum absolute atomic E-state index is 0.0356. The third-order valence-corrected chi connectivity index (χ3v) is 3.44. The summed E-state index contributed by atoms with van der Waals surface area (Å²) in [6, 6.07) is 14.1. The van der Waals surface area contributed by atoms with Crippen LogP contribution in [0.4, 0.5) is 0 Å². The molecule has 124 valence electrons. The van der Waals surface area contributed by atoms with E-state index in [2.05, 4.69) is 60.6 Å². The molecule has 0 aliphatic carbocycles. The van der Waals surface area contributed by atoms with Gasteiger partial charge in [0.15, 0.2) is 0 Å². The van der Waals surface area contributed by atoms with E-state index < -0.39 is 0 Å². The summed E-state index contributed by atoms with van der Waals surface area (Å²) in [5.74, 6) is 2.66. The molecule has 0 saturated carbocycles. The van der Waals surface area contributed by atoms with E-state index in [1.807, 2.05) is 30.3 Å². The molecule has 2 aromatic carbocycles. The zero-order valence-electron chi connectivity index (χ0n) is 15.4. The highest BCUT2D eigenvalue weighted by Crippen LogP contribution is 2.40. The second-order valence-electron chi connectivity index (χ2n) is 8.00. The predicted octanol–water partition coefficient (Wildman–Crippen LogP) is 6.26. The molecule has 0 heterocycles. The Morgan fingerprint density at radius 2 is 1.39 bits per heavy atom. The van der Waals surface area contributed by atoms with E-state index in [1.54, 1.807) is 0 Å². The molecule has 2 nitrogen and oxygen atoms in total. The average molecular weight is 312 g/mol. The van der Waals surface area contributed by atoms with Crippen molar-refractivity contribution < 1.29 is 9.47 Å². The van der Waals surface area contributed by atoms with Crippen LogP contribution in [0, 0.1) is 6.92 Å². The van der Waals surface area contributed by atoms with Gasteiger partial charge in [0.2, 0.25) is 0 Å². The topological polar surface area (TPSA) is 18.5 Å². The summed E-state index contributed by atoms with van der Waals surface area (Å²) < 4.78 is 12.3. The summed E-state index contributed by atoms with van der Waals surface area (Å²) in [5.41, 5.74) is 1.98. The highest BCUT2D eigenvalue weighted by molar-refractivity contribution is 5.51. The maximum absolute atomic E-state index is 6.20. The Balaban J connectivity index is 2.49. The van der Waals surface area contributed by atoms with Crippen molar-refractivity contribution in [2.75, 3.05) is 0 Å². The van der Waals surface area contributed by atoms with Crippen LogP contribution in [0.2, 0.25) is 0 Å². The van der Waals surface area contributed by atoms with E-state index in [0.29, 0.717) is 0 Å². The standard InChI is InChI=1S/C21H28O2/c1-15-13-17(23-21(5,6)7)14-18(20(2,3)4)19(15)22-16-11-9-8-10-12-16/h8-14H,1-7H3. The largest absolute Gasteiger partial charge is 0.488 e. The summed E-state index contributed by atoms with van der Waals surface area (Å²) in [6.07, 6.45) is 0. The molecule has 2 rings (SSSR count). The average Bonchev–Trinajstić information content (AvgIpc) is 2.39. The van der Waals surface area contributed by atoms with Gasteiger partial charge in [-0.2, -0.15) is 0 Å². The van der Waals surface area contributed by atoms with E-state index in [4.69, 9.17) is 9.47 Å². The summed E-state index contributed by atoms with van der Waals surface area (Å²) in [5, 5.41) is 0. The molecular formula is C21H28O2. The number of rotatable bonds is 3. The van der Waals surface area contributed by atoms with E-state index in [9.17, 15) is 0 Å². The van der Waals surface area contributed by atoms with Gasteiger partial charge in [-0.05, 0) is 62.9 Å². The van der Waals surface area contributed by atoms with Crippen molar-refractivity contribution >= 4 is 0 Å². The molecule has 0 aromatic heterocycles. The van der Waals surface area contributed by atoms with Crippen molar-refractivity contribution in [1.29, 1.82) is 0 Å². The zero-order chi connectivity index (χ0) is 17.3. The van der Waals surface area contributed by atoms with E-state index in [1.165, 1.54) is 0 Å². The lowest BCUT2D eigenvalue weighted by atomic mass is 9.85. The number of aryl methyl sites for hydroxylation is 1. The van der Waals surface area contributed by atoms with E-state index >= 15 is 0 Å². The second-order valence-corrected chi connectivity index (χ2v) is 8.00. The first-order valence-corrected chi connectivity index (χ1v) is 8.13. The van der Waals surface area contributed by atoms with Gasteiger partial charge in [0.05, 0.1) is 0 Å². The molecular weight excluding hydrogens is 284 g/mol. The SMILES string of the molecule is Cc1cc(OC(C)(C)C)cc(C(C)(C)C)c1Oc1ccccc1. The van der Waals surface area contributed by atoms with Crippen molar-refractivity contribution in [3.8, 4) is 17.2 Å². The Kier molecular flexibility index (Phi) is 4.74. The summed E-state index contributed by atoms with van der Waals surface area (Å²) in [7, 11) is 0. The van der Waals surface area contributed by atoms with Crippen LogP contribution in [0.5, 0.6) is 17.2 Å². The molecule has 0 aliphatic rings. The Bertz CT molecular complexity index is 659. The van der Waals surface area contributed by atoms with Gasteiger partial charge >= 0.3 is 0 Å². The number of ether oxygens (including phenoxy) is 2. The maximum atomic E-state index is 6.20. The van der Waals surface area contributed by atoms with Crippen molar-refractivity contribution in [3.63, 3.8) is 0 Å². The highest BCUT2D eigenvalue weighted by atomic mass is 16.5. The molecule has 2 heteroatoms. The summed E-state index contributed by atoms with van der Waals surface area (Å²) in [6.45, 7) is 14.8. The molecule has 0 unspecified atom stereocenters. The molecule has 0 bridgehead atoms. The van der Waals surface area contributed by atoms with Gasteiger partial charge in [-0.3, -0.25) is 0 Å². The number of benzene rings is 2. The normalized spacial score (nSPS) is 12.1. The first kappa shape index (κ1) is 17.4. The van der Waals surface area contributed by atoms with Crippen LogP contribution in [0.3, 0.4) is 0 Å². The fourth-order valence-corrected chi connectivity index (χ4v) is 2.45. The fraction of sp³-hybridized carbons (Fsp3) is 0.429. The Morgan fingerprint density at radius 3 is 1.91 bits per heavy atom. The van der Waals surface area contributed by atoms with E-state index in [0.717, 1.165) is 28.4 Å². The summed E-state index contributed by atoms with van der Waals surface area (Å²) >= 11 is 0. The maximum Gasteiger partial charge on any atom is 0.134 e. The van der Waals surface area contributed by atoms with Crippen LogP contribution in [-0.4, -0.2) is 5.60 Å². The predicted molar refractivity (Wildman–Crippen MR) is 96.8 cm³/mol. The van der Waals surface area contributed by atoms with Crippen molar-refractivity contribution in [2.45, 2.75) is 59.5 Å². The molecule has 0 fully saturated rings. The van der Waals surface area contributed by atoms with Crippen LogP contribution in [0.25, 0.3) is 0 Å². The Labute approximate surface area is 140 Å². The molecule has 0 radical (unpaired) electrons. The molecule has 0 saturated heterocycles. The lowest BCUT2D eigenvalue weighted by Gasteiger charge is -2.27. The van der Waals surface area contributed by atoms with Crippen molar-refractivity contribution in [3.05, 3.63) is 53.6 Å². The van der Waals surface area contributed by atoms with Gasteiger partial charge in [-0.1, -0.05) is 39.0 Å². The molecule has 23 heavy (non-hydrogen) atoms. The molecule has 0 spiro atoms. The third kappa shape index (κ3) is 4.75. The van der Waals surface area contributed by atoms with E-state index in [-0.39, 0.29) is 11.0 Å². The third-order valence-electron chi connectivity index (χ3n) is 3.44. The molecule has 0 N–H and O–H groups in total. The van der Waals surface area contributed by atoms with Gasteiger partial charge in [-0.25, -0.2) is 0 Å². The molecule has 0 atom stereocenters. The lowest BCUT2D eigenvalue weighted by Crippen LogP contribution is -2.23. The van der Waals surface area contributed by atoms with Crippen LogP contribution < -0.4 is 9.47 Å². The van der Waals surface area contributed by atoms with Crippen LogP contribution in [0.15, 0.2) is 42.5 Å². The minimum atomic E-state index is -0.219. The first-order valence-electron chi connectivity index (χ1n) is 8.13. The Hall–Kier alpha value is -1.96. The van der Waals surface area contributed by atoms with Gasteiger partial charge in [0, 0.05) is 5.56 Å². The smallest absolute Gasteiger partial charge is 0.134 e.